The van der Waals surface area contributed by atoms with Gasteiger partial charge in [-0.25, -0.2) is 4.98 Å². The maximum atomic E-state index is 12.9. The van der Waals surface area contributed by atoms with E-state index < -0.39 is 6.04 Å². The Hall–Kier alpha value is -3.22. The zero-order chi connectivity index (χ0) is 22.0. The van der Waals surface area contributed by atoms with Crippen LogP contribution < -0.4 is 14.8 Å². The first-order valence-corrected chi connectivity index (χ1v) is 10.6. The number of amides is 1. The largest absolute Gasteiger partial charge is 0.497 e. The van der Waals surface area contributed by atoms with Crippen molar-refractivity contribution in [1.29, 1.82) is 0 Å². The highest BCUT2D eigenvalue weighted by molar-refractivity contribution is 5.77. The maximum absolute atomic E-state index is 12.9. The Morgan fingerprint density at radius 2 is 1.97 bits per heavy atom. The van der Waals surface area contributed by atoms with E-state index in [2.05, 4.69) is 17.2 Å². The quantitative estimate of drug-likeness (QED) is 0.563. The van der Waals surface area contributed by atoms with Crippen molar-refractivity contribution in [2.24, 2.45) is 13.0 Å². The van der Waals surface area contributed by atoms with E-state index in [1.54, 1.807) is 26.5 Å². The summed E-state index contributed by atoms with van der Waals surface area (Å²) < 4.78 is 18.7. The van der Waals surface area contributed by atoms with Gasteiger partial charge in [-0.1, -0.05) is 6.92 Å². The summed E-state index contributed by atoms with van der Waals surface area (Å²) >= 11 is 0. The van der Waals surface area contributed by atoms with E-state index in [0.29, 0.717) is 36.2 Å². The lowest BCUT2D eigenvalue weighted by molar-refractivity contribution is -0.121. The van der Waals surface area contributed by atoms with E-state index in [0.717, 1.165) is 22.9 Å². The summed E-state index contributed by atoms with van der Waals surface area (Å²) in [6.07, 6.45) is 5.64. The molecule has 1 aromatic carbocycles. The number of benzene rings is 1. The maximum Gasteiger partial charge on any atom is 0.221 e. The molecular formula is C24H29N3O4. The minimum atomic E-state index is -0.434. The van der Waals surface area contributed by atoms with Gasteiger partial charge in [0.1, 0.15) is 34.9 Å². The molecule has 0 saturated heterocycles. The highest BCUT2D eigenvalue weighted by atomic mass is 16.5. The Bertz CT molecular complexity index is 1030. The fourth-order valence-corrected chi connectivity index (χ4v) is 3.86. The number of imidazole rings is 1. The molecule has 31 heavy (non-hydrogen) atoms. The summed E-state index contributed by atoms with van der Waals surface area (Å²) in [6.45, 7) is 2.23. The second-order valence-corrected chi connectivity index (χ2v) is 8.17. The van der Waals surface area contributed by atoms with E-state index >= 15 is 0 Å². The molecule has 164 valence electrons. The van der Waals surface area contributed by atoms with Crippen LogP contribution in [0.15, 0.2) is 47.1 Å². The number of aromatic nitrogens is 2. The number of carbonyl (C=O) groups is 1. The fraction of sp³-hybridized carbons (Fsp3) is 0.417. The molecule has 3 atom stereocenters. The monoisotopic (exact) mass is 423 g/mol. The van der Waals surface area contributed by atoms with E-state index in [9.17, 15) is 4.79 Å². The van der Waals surface area contributed by atoms with Gasteiger partial charge in [0.2, 0.25) is 5.91 Å². The van der Waals surface area contributed by atoms with Crippen LogP contribution in [0.25, 0.3) is 0 Å². The molecule has 1 N–H and O–H groups in total. The average molecular weight is 424 g/mol. The molecule has 7 nitrogen and oxygen atoms in total. The summed E-state index contributed by atoms with van der Waals surface area (Å²) in [7, 11) is 5.11. The van der Waals surface area contributed by atoms with Gasteiger partial charge in [-0.15, -0.1) is 0 Å². The van der Waals surface area contributed by atoms with Crippen LogP contribution in [0.1, 0.15) is 54.6 Å². The van der Waals surface area contributed by atoms with Gasteiger partial charge in [-0.3, -0.25) is 4.79 Å². The number of ether oxygens (including phenoxy) is 2. The standard InChI is InChI=1S/C24H29N3O4/c1-15-11-20(15)21-7-5-17(31-21)6-8-22(28)26-23(24-25-9-10-27(24)2)16-12-18(29-3)14-19(13-16)30-4/h5,7,9-10,12-15,20,23H,6,8,11H2,1-4H3,(H,26,28). The lowest BCUT2D eigenvalue weighted by Gasteiger charge is -2.20. The van der Waals surface area contributed by atoms with Crippen LogP contribution in [0.3, 0.4) is 0 Å². The van der Waals surface area contributed by atoms with Crippen LogP contribution in [-0.4, -0.2) is 29.7 Å². The fourth-order valence-electron chi connectivity index (χ4n) is 3.86. The highest BCUT2D eigenvalue weighted by Crippen LogP contribution is 2.47. The van der Waals surface area contributed by atoms with Crippen molar-refractivity contribution < 1.29 is 18.7 Å². The van der Waals surface area contributed by atoms with Crippen molar-refractivity contribution in [2.45, 2.75) is 38.1 Å². The molecular weight excluding hydrogens is 394 g/mol. The van der Waals surface area contributed by atoms with Crippen molar-refractivity contribution in [3.63, 3.8) is 0 Å². The predicted molar refractivity (Wildman–Crippen MR) is 116 cm³/mol. The Labute approximate surface area is 182 Å². The first-order valence-electron chi connectivity index (χ1n) is 10.6. The van der Waals surface area contributed by atoms with Crippen LogP contribution in [-0.2, 0) is 18.3 Å². The molecule has 0 bridgehead atoms. The summed E-state index contributed by atoms with van der Waals surface area (Å²) in [4.78, 5) is 17.3. The third-order valence-corrected chi connectivity index (χ3v) is 5.88. The zero-order valence-corrected chi connectivity index (χ0v) is 18.4. The number of carbonyl (C=O) groups excluding carboxylic acids is 1. The Morgan fingerprint density at radius 1 is 1.26 bits per heavy atom. The normalized spacial score (nSPS) is 18.5. The van der Waals surface area contributed by atoms with E-state index in [1.807, 2.05) is 42.1 Å². The first kappa shape index (κ1) is 21.0. The Balaban J connectivity index is 1.49. The summed E-state index contributed by atoms with van der Waals surface area (Å²) in [5, 5.41) is 3.12. The van der Waals surface area contributed by atoms with Crippen LogP contribution >= 0.6 is 0 Å². The van der Waals surface area contributed by atoms with Crippen molar-refractivity contribution in [3.8, 4) is 11.5 Å². The Morgan fingerprint density at radius 3 is 2.55 bits per heavy atom. The van der Waals surface area contributed by atoms with Crippen LogP contribution in [0.5, 0.6) is 11.5 Å². The van der Waals surface area contributed by atoms with Crippen molar-refractivity contribution in [1.82, 2.24) is 14.9 Å². The molecule has 3 unspecified atom stereocenters. The number of hydrogen-bond acceptors (Lipinski definition) is 5. The minimum Gasteiger partial charge on any atom is -0.497 e. The zero-order valence-electron chi connectivity index (χ0n) is 18.4. The molecule has 1 aliphatic carbocycles. The number of nitrogens with zero attached hydrogens (tertiary/aromatic N) is 2. The van der Waals surface area contributed by atoms with Crippen molar-refractivity contribution in [2.75, 3.05) is 14.2 Å². The molecule has 0 spiro atoms. The molecule has 1 fully saturated rings. The molecule has 3 aromatic rings. The summed E-state index contributed by atoms with van der Waals surface area (Å²) in [6, 6.07) is 9.17. The molecule has 1 amide bonds. The molecule has 7 heteroatoms. The smallest absolute Gasteiger partial charge is 0.221 e. The van der Waals surface area contributed by atoms with Crippen molar-refractivity contribution >= 4 is 5.91 Å². The molecule has 4 rings (SSSR count). The Kier molecular flexibility index (Phi) is 6.02. The number of methoxy groups -OCH3 is 2. The first-order chi connectivity index (χ1) is 15.0. The summed E-state index contributed by atoms with van der Waals surface area (Å²) in [5.74, 6) is 5.08. The topological polar surface area (TPSA) is 78.5 Å². The average Bonchev–Trinajstić information content (AvgIpc) is 3.15. The number of nitrogens with one attached hydrogen (secondary N) is 1. The number of rotatable bonds is 9. The lowest BCUT2D eigenvalue weighted by Crippen LogP contribution is -2.31. The van der Waals surface area contributed by atoms with E-state index in [1.165, 1.54) is 6.42 Å². The molecule has 0 radical (unpaired) electrons. The van der Waals surface area contributed by atoms with Crippen LogP contribution in [0.4, 0.5) is 0 Å². The van der Waals surface area contributed by atoms with Gasteiger partial charge in [0, 0.05) is 44.3 Å². The van der Waals surface area contributed by atoms with Gasteiger partial charge < -0.3 is 23.8 Å². The highest BCUT2D eigenvalue weighted by Gasteiger charge is 2.36. The second kappa shape index (κ2) is 8.88. The molecule has 2 heterocycles. The van der Waals surface area contributed by atoms with Gasteiger partial charge in [0.15, 0.2) is 0 Å². The second-order valence-electron chi connectivity index (χ2n) is 8.17. The van der Waals surface area contributed by atoms with Gasteiger partial charge >= 0.3 is 0 Å². The third-order valence-electron chi connectivity index (χ3n) is 5.88. The van der Waals surface area contributed by atoms with E-state index in [4.69, 9.17) is 13.9 Å². The van der Waals surface area contributed by atoms with Crippen LogP contribution in [0.2, 0.25) is 0 Å². The third kappa shape index (κ3) is 4.76. The predicted octanol–water partition coefficient (Wildman–Crippen LogP) is 3.99. The number of aryl methyl sites for hydroxylation is 2. The lowest BCUT2D eigenvalue weighted by atomic mass is 10.0. The van der Waals surface area contributed by atoms with Gasteiger partial charge in [0.05, 0.1) is 14.2 Å². The van der Waals surface area contributed by atoms with E-state index in [-0.39, 0.29) is 5.91 Å². The molecule has 1 aliphatic rings. The van der Waals surface area contributed by atoms with Gasteiger partial charge in [-0.2, -0.15) is 0 Å². The van der Waals surface area contributed by atoms with Crippen molar-refractivity contribution in [3.05, 3.63) is 65.6 Å². The van der Waals surface area contributed by atoms with Gasteiger partial charge in [0.25, 0.3) is 0 Å². The minimum absolute atomic E-state index is 0.0764. The SMILES string of the molecule is COc1cc(OC)cc(C(NC(=O)CCc2ccc(C3CC3C)o2)c2nccn2C)c1. The molecule has 0 aliphatic heterocycles. The number of furan rings is 1. The number of hydrogen-bond donors (Lipinski definition) is 1. The molecule has 1 saturated carbocycles. The summed E-state index contributed by atoms with van der Waals surface area (Å²) in [5.41, 5.74) is 0.835. The van der Waals surface area contributed by atoms with Crippen LogP contribution in [0, 0.1) is 5.92 Å². The molecule has 2 aromatic heterocycles. The van der Waals surface area contributed by atoms with Gasteiger partial charge in [-0.05, 0) is 42.2 Å².